The molecule has 0 unspecified atom stereocenters. The van der Waals surface area contributed by atoms with E-state index in [1.165, 1.54) is 20.0 Å². The van der Waals surface area contributed by atoms with Gasteiger partial charge in [0.1, 0.15) is 0 Å². The Bertz CT molecular complexity index is 236. The van der Waals surface area contributed by atoms with Gasteiger partial charge in [-0.25, -0.2) is 0 Å². The summed E-state index contributed by atoms with van der Waals surface area (Å²) in [6.07, 6.45) is 2.39. The maximum atomic E-state index is 11.6. The number of hydrogen-bond donors (Lipinski definition) is 2. The maximum Gasteiger partial charge on any atom is 0.310 e. The summed E-state index contributed by atoms with van der Waals surface area (Å²) in [6, 6.07) is 0. The molecule has 2 rings (SSSR count). The fourth-order valence-electron chi connectivity index (χ4n) is 2.88. The summed E-state index contributed by atoms with van der Waals surface area (Å²) in [5.74, 6) is 1.21. The van der Waals surface area contributed by atoms with E-state index in [0.29, 0.717) is 11.8 Å². The van der Waals surface area contributed by atoms with Crippen LogP contribution in [0.2, 0.25) is 0 Å². The van der Waals surface area contributed by atoms with Crippen molar-refractivity contribution >= 4 is 30.8 Å². The summed E-state index contributed by atoms with van der Waals surface area (Å²) in [5.41, 5.74) is 0. The molecule has 0 radical (unpaired) electrons. The highest BCUT2D eigenvalue weighted by Crippen LogP contribution is 2.31. The second kappa shape index (κ2) is 8.14. The summed E-state index contributed by atoms with van der Waals surface area (Å²) < 4.78 is 4.86. The molecule has 0 aromatic rings. The van der Waals surface area contributed by atoms with E-state index in [-0.39, 0.29) is 36.7 Å². The van der Waals surface area contributed by atoms with Crippen LogP contribution in [0, 0.1) is 17.8 Å². The van der Waals surface area contributed by atoms with Crippen molar-refractivity contribution in [3.05, 3.63) is 0 Å². The van der Waals surface area contributed by atoms with Crippen molar-refractivity contribution in [3.63, 3.8) is 0 Å². The second-order valence-electron chi connectivity index (χ2n) is 4.54. The van der Waals surface area contributed by atoms with Crippen molar-refractivity contribution in [1.82, 2.24) is 10.6 Å². The van der Waals surface area contributed by atoms with Crippen molar-refractivity contribution in [3.8, 4) is 0 Å². The minimum atomic E-state index is -0.0384. The van der Waals surface area contributed by atoms with E-state index < -0.39 is 0 Å². The third-order valence-electron chi connectivity index (χ3n) is 3.75. The zero-order valence-electron chi connectivity index (χ0n) is 10.1. The van der Waals surface area contributed by atoms with Crippen LogP contribution < -0.4 is 10.6 Å². The Morgan fingerprint density at radius 1 is 1.12 bits per heavy atom. The van der Waals surface area contributed by atoms with Crippen LogP contribution in [0.25, 0.3) is 0 Å². The number of ether oxygens (including phenoxy) is 1. The van der Waals surface area contributed by atoms with E-state index in [4.69, 9.17) is 4.74 Å². The van der Waals surface area contributed by atoms with Crippen LogP contribution in [-0.4, -0.2) is 39.3 Å². The molecule has 2 atom stereocenters. The van der Waals surface area contributed by atoms with Gasteiger partial charge in [0.25, 0.3) is 0 Å². The normalized spacial score (nSPS) is 29.0. The molecule has 0 aromatic heterocycles. The van der Waals surface area contributed by atoms with Crippen LogP contribution >= 0.6 is 24.8 Å². The van der Waals surface area contributed by atoms with E-state index in [0.717, 1.165) is 26.2 Å². The van der Waals surface area contributed by atoms with Gasteiger partial charge in [-0.3, -0.25) is 4.79 Å². The minimum absolute atomic E-state index is 0. The molecule has 2 aliphatic heterocycles. The third-order valence-corrected chi connectivity index (χ3v) is 3.75. The van der Waals surface area contributed by atoms with Gasteiger partial charge in [-0.05, 0) is 44.3 Å². The van der Waals surface area contributed by atoms with Gasteiger partial charge < -0.3 is 15.4 Å². The first-order chi connectivity index (χ1) is 7.33. The molecule has 0 saturated carbocycles. The van der Waals surface area contributed by atoms with Gasteiger partial charge in [0.2, 0.25) is 0 Å². The van der Waals surface area contributed by atoms with E-state index in [1.807, 2.05) is 0 Å². The van der Waals surface area contributed by atoms with Crippen LogP contribution in [0.5, 0.6) is 0 Å². The molecule has 0 aliphatic carbocycles. The summed E-state index contributed by atoms with van der Waals surface area (Å²) in [5, 5.41) is 6.67. The van der Waals surface area contributed by atoms with Crippen LogP contribution in [0.15, 0.2) is 0 Å². The summed E-state index contributed by atoms with van der Waals surface area (Å²) >= 11 is 0. The molecule has 6 heteroatoms. The molecule has 0 amide bonds. The predicted octanol–water partition coefficient (Wildman–Crippen LogP) is 0.838. The topological polar surface area (TPSA) is 50.4 Å². The maximum absolute atomic E-state index is 11.6. The van der Waals surface area contributed by atoms with Gasteiger partial charge >= 0.3 is 5.97 Å². The monoisotopic (exact) mass is 284 g/mol. The number of methoxy groups -OCH3 is 1. The van der Waals surface area contributed by atoms with E-state index in [2.05, 4.69) is 10.6 Å². The average Bonchev–Trinajstić information content (AvgIpc) is 2.78. The molecule has 2 N–H and O–H groups in total. The molecule has 102 valence electrons. The van der Waals surface area contributed by atoms with Crippen LogP contribution in [0.4, 0.5) is 0 Å². The molecule has 4 nitrogen and oxygen atoms in total. The van der Waals surface area contributed by atoms with E-state index in [9.17, 15) is 4.79 Å². The lowest BCUT2D eigenvalue weighted by Gasteiger charge is -2.30. The number of esters is 1. The van der Waals surface area contributed by atoms with Crippen LogP contribution in [0.1, 0.15) is 12.8 Å². The Balaban J connectivity index is 0.00000128. The third kappa shape index (κ3) is 3.98. The fourth-order valence-corrected chi connectivity index (χ4v) is 2.88. The Morgan fingerprint density at radius 2 is 1.76 bits per heavy atom. The van der Waals surface area contributed by atoms with Crippen molar-refractivity contribution in [2.75, 3.05) is 33.3 Å². The van der Waals surface area contributed by atoms with Gasteiger partial charge in [0.05, 0.1) is 13.0 Å². The SMILES string of the molecule is COC(=O)[C@@H]1CNC[C@H]1C1CCNCC1.Cl.Cl. The van der Waals surface area contributed by atoms with Gasteiger partial charge in [0, 0.05) is 6.54 Å². The Labute approximate surface area is 115 Å². The predicted molar refractivity (Wildman–Crippen MR) is 72.0 cm³/mol. The van der Waals surface area contributed by atoms with Crippen molar-refractivity contribution in [1.29, 1.82) is 0 Å². The van der Waals surface area contributed by atoms with Crippen LogP contribution in [-0.2, 0) is 9.53 Å². The molecule has 2 heterocycles. The Morgan fingerprint density at radius 3 is 2.35 bits per heavy atom. The number of piperidine rings is 1. The first-order valence-corrected chi connectivity index (χ1v) is 5.82. The van der Waals surface area contributed by atoms with Crippen molar-refractivity contribution in [2.24, 2.45) is 17.8 Å². The van der Waals surface area contributed by atoms with Crippen LogP contribution in [0.3, 0.4) is 0 Å². The van der Waals surface area contributed by atoms with E-state index in [1.54, 1.807) is 0 Å². The Hall–Kier alpha value is -0.0300. The lowest BCUT2D eigenvalue weighted by Crippen LogP contribution is -2.36. The average molecular weight is 285 g/mol. The summed E-state index contributed by atoms with van der Waals surface area (Å²) in [4.78, 5) is 11.6. The van der Waals surface area contributed by atoms with Crippen molar-refractivity contribution < 1.29 is 9.53 Å². The number of hydrogen-bond acceptors (Lipinski definition) is 4. The highest BCUT2D eigenvalue weighted by atomic mass is 35.5. The second-order valence-corrected chi connectivity index (χ2v) is 4.54. The number of halogens is 2. The molecule has 17 heavy (non-hydrogen) atoms. The molecule has 0 bridgehead atoms. The van der Waals surface area contributed by atoms with Gasteiger partial charge in [0.15, 0.2) is 0 Å². The molecule has 2 saturated heterocycles. The lowest BCUT2D eigenvalue weighted by atomic mass is 9.79. The number of carbonyl (C=O) groups excluding carboxylic acids is 1. The fraction of sp³-hybridized carbons (Fsp3) is 0.909. The summed E-state index contributed by atoms with van der Waals surface area (Å²) in [6.45, 7) is 3.95. The molecule has 2 aliphatic rings. The Kier molecular flexibility index (Phi) is 8.12. The smallest absolute Gasteiger partial charge is 0.310 e. The van der Waals surface area contributed by atoms with Gasteiger partial charge in [-0.2, -0.15) is 0 Å². The zero-order valence-corrected chi connectivity index (χ0v) is 11.7. The molecular formula is C11H22Cl2N2O2. The van der Waals surface area contributed by atoms with Gasteiger partial charge in [-0.1, -0.05) is 0 Å². The summed E-state index contributed by atoms with van der Waals surface area (Å²) in [7, 11) is 1.49. The lowest BCUT2D eigenvalue weighted by molar-refractivity contribution is -0.146. The highest BCUT2D eigenvalue weighted by Gasteiger charge is 2.38. The molecule has 2 fully saturated rings. The zero-order chi connectivity index (χ0) is 10.7. The number of rotatable bonds is 2. The molecule has 0 spiro atoms. The molecule has 0 aromatic carbocycles. The van der Waals surface area contributed by atoms with E-state index >= 15 is 0 Å². The minimum Gasteiger partial charge on any atom is -0.469 e. The quantitative estimate of drug-likeness (QED) is 0.738. The first kappa shape index (κ1) is 17.0. The molecular weight excluding hydrogens is 263 g/mol. The number of carbonyl (C=O) groups is 1. The van der Waals surface area contributed by atoms with Gasteiger partial charge in [-0.15, -0.1) is 24.8 Å². The highest BCUT2D eigenvalue weighted by molar-refractivity contribution is 5.85. The standard InChI is InChI=1S/C11H20N2O2.2ClH/c1-15-11(14)10-7-13-6-9(10)8-2-4-12-5-3-8;;/h8-10,12-13H,2-7H2,1H3;2*1H/t9-,10+;;/m0../s1. The number of nitrogens with one attached hydrogen (secondary N) is 2. The largest absolute Gasteiger partial charge is 0.469 e. The first-order valence-electron chi connectivity index (χ1n) is 5.82. The van der Waals surface area contributed by atoms with Crippen molar-refractivity contribution in [2.45, 2.75) is 12.8 Å².